The third kappa shape index (κ3) is 3.63. The van der Waals surface area contributed by atoms with Crippen LogP contribution in [-0.2, 0) is 14.8 Å². The van der Waals surface area contributed by atoms with Crippen LogP contribution in [0.5, 0.6) is 0 Å². The van der Waals surface area contributed by atoms with Gasteiger partial charge in [-0.2, -0.15) is 0 Å². The number of hydrogen-bond acceptors (Lipinski definition) is 5. The Balaban J connectivity index is 2.07. The first-order valence-electron chi connectivity index (χ1n) is 6.90. The number of nitrogens with zero attached hydrogens (tertiary/aromatic N) is 2. The second-order valence-corrected chi connectivity index (χ2v) is 7.27. The average molecular weight is 325 g/mol. The minimum absolute atomic E-state index is 0.00485. The van der Waals surface area contributed by atoms with Crippen molar-refractivity contribution in [3.8, 4) is 0 Å². The van der Waals surface area contributed by atoms with Crippen LogP contribution in [0.2, 0.25) is 0 Å². The fourth-order valence-corrected chi connectivity index (χ4v) is 3.57. The Morgan fingerprint density at radius 3 is 2.41 bits per heavy atom. The molecule has 0 atom stereocenters. The van der Waals surface area contributed by atoms with Gasteiger partial charge in [-0.15, -0.1) is 0 Å². The van der Waals surface area contributed by atoms with Crippen LogP contribution in [0.25, 0.3) is 0 Å². The molecule has 2 rings (SSSR count). The van der Waals surface area contributed by atoms with E-state index in [1.54, 1.807) is 0 Å². The first-order chi connectivity index (χ1) is 10.3. The number of hydrogen-bond donors (Lipinski definition) is 1. The van der Waals surface area contributed by atoms with E-state index >= 15 is 0 Å². The Kier molecular flexibility index (Phi) is 4.82. The molecule has 0 spiro atoms. The van der Waals surface area contributed by atoms with Crippen molar-refractivity contribution in [1.82, 2.24) is 10.2 Å². The van der Waals surface area contributed by atoms with Crippen molar-refractivity contribution in [1.29, 1.82) is 0 Å². The molecule has 0 bridgehead atoms. The third-order valence-corrected chi connectivity index (χ3v) is 4.98. The van der Waals surface area contributed by atoms with Crippen molar-refractivity contribution in [2.45, 2.75) is 6.42 Å². The molecular weight excluding hydrogens is 306 g/mol. The number of anilines is 1. The van der Waals surface area contributed by atoms with E-state index in [1.807, 2.05) is 19.0 Å². The van der Waals surface area contributed by atoms with E-state index in [2.05, 4.69) is 5.32 Å². The van der Waals surface area contributed by atoms with Crippen LogP contribution in [0.4, 0.5) is 5.69 Å². The molecule has 0 unspecified atom stereocenters. The molecule has 1 saturated heterocycles. The van der Waals surface area contributed by atoms with Crippen molar-refractivity contribution in [3.05, 3.63) is 29.8 Å². The Hall–Kier alpha value is -1.93. The van der Waals surface area contributed by atoms with E-state index in [1.165, 1.54) is 24.3 Å². The molecule has 1 N–H and O–H groups in total. The van der Waals surface area contributed by atoms with Gasteiger partial charge in [-0.1, -0.05) is 0 Å². The van der Waals surface area contributed by atoms with Gasteiger partial charge in [0.1, 0.15) is 0 Å². The van der Waals surface area contributed by atoms with Gasteiger partial charge < -0.3 is 10.2 Å². The van der Waals surface area contributed by atoms with E-state index in [-0.39, 0.29) is 23.8 Å². The van der Waals surface area contributed by atoms with Gasteiger partial charge in [0.05, 0.1) is 11.4 Å². The smallest absolute Gasteiger partial charge is 0.251 e. The van der Waals surface area contributed by atoms with Crippen molar-refractivity contribution in [2.24, 2.45) is 0 Å². The lowest BCUT2D eigenvalue weighted by atomic mass is 10.2. The maximum absolute atomic E-state index is 11.9. The molecule has 1 fully saturated rings. The molecule has 7 nitrogen and oxygen atoms in total. The van der Waals surface area contributed by atoms with Crippen molar-refractivity contribution < 1.29 is 18.0 Å². The highest BCUT2D eigenvalue weighted by Gasteiger charge is 2.36. The third-order valence-electron chi connectivity index (χ3n) is 3.29. The fourth-order valence-electron chi connectivity index (χ4n) is 2.11. The fraction of sp³-hybridized carbons (Fsp3) is 0.429. The number of nitrogens with one attached hydrogen (secondary N) is 1. The number of likely N-dealkylation sites (N-methyl/N-ethyl adjacent to an activating group) is 1. The van der Waals surface area contributed by atoms with Crippen LogP contribution in [0, 0.1) is 0 Å². The Morgan fingerprint density at radius 2 is 1.91 bits per heavy atom. The largest absolute Gasteiger partial charge is 0.351 e. The number of benzene rings is 1. The van der Waals surface area contributed by atoms with Crippen LogP contribution < -0.4 is 9.62 Å². The molecular formula is C14H19N3O4S. The Bertz CT molecular complexity index is 668. The zero-order chi connectivity index (χ0) is 16.3. The van der Waals surface area contributed by atoms with Crippen LogP contribution >= 0.6 is 0 Å². The summed E-state index contributed by atoms with van der Waals surface area (Å²) in [4.78, 5) is 25.6. The lowest BCUT2D eigenvalue weighted by Crippen LogP contribution is -2.31. The summed E-state index contributed by atoms with van der Waals surface area (Å²) in [6.45, 7) is 1.25. The molecule has 1 aliphatic heterocycles. The van der Waals surface area contributed by atoms with Gasteiger partial charge in [-0.3, -0.25) is 9.59 Å². The van der Waals surface area contributed by atoms with Gasteiger partial charge in [0.2, 0.25) is 15.9 Å². The summed E-state index contributed by atoms with van der Waals surface area (Å²) < 4.78 is 24.4. The van der Waals surface area contributed by atoms with E-state index in [4.69, 9.17) is 0 Å². The topological polar surface area (TPSA) is 86.8 Å². The predicted octanol–water partition coefficient (Wildman–Crippen LogP) is 0.0445. The van der Waals surface area contributed by atoms with Gasteiger partial charge in [-0.05, 0) is 38.4 Å². The van der Waals surface area contributed by atoms with Gasteiger partial charge in [0.15, 0.2) is 0 Å². The van der Waals surface area contributed by atoms with Crippen molar-refractivity contribution in [3.63, 3.8) is 0 Å². The molecule has 0 radical (unpaired) electrons. The molecule has 120 valence electrons. The number of rotatable bonds is 5. The molecule has 22 heavy (non-hydrogen) atoms. The SMILES string of the molecule is CN(C)CCNC(=O)c1ccc(N2C(=O)CCS2(=O)=O)cc1. The van der Waals surface area contributed by atoms with Gasteiger partial charge in [-0.25, -0.2) is 12.7 Å². The number of carbonyl (C=O) groups excluding carboxylic acids is 2. The number of carbonyl (C=O) groups is 2. The Labute approximate surface area is 129 Å². The zero-order valence-electron chi connectivity index (χ0n) is 12.6. The first-order valence-corrected chi connectivity index (χ1v) is 8.51. The molecule has 1 heterocycles. The molecule has 0 aliphatic carbocycles. The van der Waals surface area contributed by atoms with Crippen molar-refractivity contribution >= 4 is 27.5 Å². The van der Waals surface area contributed by atoms with Crippen LogP contribution in [0.1, 0.15) is 16.8 Å². The van der Waals surface area contributed by atoms with Crippen LogP contribution in [-0.4, -0.2) is 58.1 Å². The summed E-state index contributed by atoms with van der Waals surface area (Å²) in [6.07, 6.45) is -0.00485. The molecule has 0 aromatic heterocycles. The van der Waals surface area contributed by atoms with E-state index in [0.29, 0.717) is 12.1 Å². The molecule has 0 saturated carbocycles. The predicted molar refractivity (Wildman–Crippen MR) is 83.2 cm³/mol. The molecule has 2 amide bonds. The molecule has 1 aromatic carbocycles. The maximum atomic E-state index is 11.9. The lowest BCUT2D eigenvalue weighted by molar-refractivity contribution is -0.116. The second-order valence-electron chi connectivity index (χ2n) is 5.33. The maximum Gasteiger partial charge on any atom is 0.251 e. The monoisotopic (exact) mass is 325 g/mol. The van der Waals surface area contributed by atoms with E-state index in [9.17, 15) is 18.0 Å². The molecule has 1 aromatic rings. The quantitative estimate of drug-likeness (QED) is 0.826. The Morgan fingerprint density at radius 1 is 1.27 bits per heavy atom. The van der Waals surface area contributed by atoms with Crippen LogP contribution in [0.3, 0.4) is 0 Å². The number of amides is 2. The molecule has 8 heteroatoms. The zero-order valence-corrected chi connectivity index (χ0v) is 13.4. The highest BCUT2D eigenvalue weighted by atomic mass is 32.2. The minimum Gasteiger partial charge on any atom is -0.351 e. The van der Waals surface area contributed by atoms with Gasteiger partial charge in [0, 0.05) is 25.1 Å². The van der Waals surface area contributed by atoms with E-state index in [0.717, 1.165) is 10.8 Å². The summed E-state index contributed by atoms with van der Waals surface area (Å²) in [5.74, 6) is -0.842. The lowest BCUT2D eigenvalue weighted by Gasteiger charge is -2.15. The van der Waals surface area contributed by atoms with Gasteiger partial charge in [0.25, 0.3) is 5.91 Å². The minimum atomic E-state index is -3.57. The first kappa shape index (κ1) is 16.4. The highest BCUT2D eigenvalue weighted by molar-refractivity contribution is 7.94. The van der Waals surface area contributed by atoms with Crippen molar-refractivity contribution in [2.75, 3.05) is 37.2 Å². The van der Waals surface area contributed by atoms with Crippen LogP contribution in [0.15, 0.2) is 24.3 Å². The molecule has 1 aliphatic rings. The summed E-state index contributed by atoms with van der Waals surface area (Å²) in [6, 6.07) is 5.98. The second kappa shape index (κ2) is 6.45. The number of sulfonamides is 1. The van der Waals surface area contributed by atoms with Gasteiger partial charge >= 0.3 is 0 Å². The summed E-state index contributed by atoms with van der Waals surface area (Å²) in [5.41, 5.74) is 0.693. The summed E-state index contributed by atoms with van der Waals surface area (Å²) in [5, 5.41) is 2.76. The van der Waals surface area contributed by atoms with E-state index < -0.39 is 15.9 Å². The standard InChI is InChI=1S/C14H19N3O4S/c1-16(2)9-8-15-14(19)11-3-5-12(6-4-11)17-13(18)7-10-22(17,20)21/h3-6H,7-10H2,1-2H3,(H,15,19). The highest BCUT2D eigenvalue weighted by Crippen LogP contribution is 2.25. The summed E-state index contributed by atoms with van der Waals surface area (Å²) >= 11 is 0. The average Bonchev–Trinajstić information content (AvgIpc) is 2.72. The summed E-state index contributed by atoms with van der Waals surface area (Å²) in [7, 11) is 0.254. The normalized spacial score (nSPS) is 17.0.